The van der Waals surface area contributed by atoms with Gasteiger partial charge in [0, 0.05) is 23.1 Å². The average Bonchev–Trinajstić information content (AvgIpc) is 2.46. The van der Waals surface area contributed by atoms with Crippen LogP contribution in [0, 0.1) is 5.92 Å². The highest BCUT2D eigenvalue weighted by molar-refractivity contribution is 9.10. The molecule has 0 radical (unpaired) electrons. The Hall–Kier alpha value is -0.830. The largest absolute Gasteiger partial charge is 0.371 e. The van der Waals surface area contributed by atoms with Crippen LogP contribution in [0.15, 0.2) is 22.7 Å². The van der Waals surface area contributed by atoms with Crippen LogP contribution in [0.25, 0.3) is 0 Å². The second-order valence-electron chi connectivity index (χ2n) is 5.92. The topological polar surface area (TPSA) is 20.3 Å². The Labute approximate surface area is 130 Å². The quantitative estimate of drug-likeness (QED) is 0.716. The van der Waals surface area contributed by atoms with Crippen molar-refractivity contribution in [3.8, 4) is 0 Å². The molecule has 0 saturated heterocycles. The Balaban J connectivity index is 2.09. The first-order valence-corrected chi connectivity index (χ1v) is 8.35. The molecule has 0 bridgehead atoms. The van der Waals surface area contributed by atoms with Crippen molar-refractivity contribution in [3.05, 3.63) is 28.2 Å². The molecule has 110 valence electrons. The average molecular weight is 338 g/mol. The summed E-state index contributed by atoms with van der Waals surface area (Å²) in [5.74, 6) is 1.03. The molecular formula is C17H24BrNO. The second-order valence-corrected chi connectivity index (χ2v) is 6.77. The van der Waals surface area contributed by atoms with Crippen LogP contribution in [0.3, 0.4) is 0 Å². The smallest absolute Gasteiger partial charge is 0.159 e. The van der Waals surface area contributed by atoms with Crippen LogP contribution in [0.2, 0.25) is 0 Å². The Morgan fingerprint density at radius 1 is 1.30 bits per heavy atom. The number of rotatable bonds is 4. The standard InChI is InChI=1S/C17H24BrNO/c1-4-13-5-8-15(9-6-13)19(3)17-10-7-14(12(2)20)11-16(17)18/h7,10-11,13,15H,4-6,8-9H2,1-3H3. The van der Waals surface area contributed by atoms with Crippen molar-refractivity contribution < 1.29 is 4.79 Å². The fourth-order valence-electron chi connectivity index (χ4n) is 3.15. The van der Waals surface area contributed by atoms with Gasteiger partial charge in [0.15, 0.2) is 5.78 Å². The van der Waals surface area contributed by atoms with E-state index in [4.69, 9.17) is 0 Å². The predicted molar refractivity (Wildman–Crippen MR) is 88.6 cm³/mol. The lowest BCUT2D eigenvalue weighted by molar-refractivity contribution is 0.101. The molecule has 1 aromatic carbocycles. The Kier molecular flexibility index (Phi) is 5.25. The molecule has 2 nitrogen and oxygen atoms in total. The van der Waals surface area contributed by atoms with Crippen molar-refractivity contribution in [1.82, 2.24) is 0 Å². The van der Waals surface area contributed by atoms with Crippen molar-refractivity contribution in [2.24, 2.45) is 5.92 Å². The minimum absolute atomic E-state index is 0.114. The van der Waals surface area contributed by atoms with E-state index in [0.29, 0.717) is 6.04 Å². The number of nitrogens with zero attached hydrogens (tertiary/aromatic N) is 1. The maximum absolute atomic E-state index is 11.4. The van der Waals surface area contributed by atoms with E-state index in [2.05, 4.69) is 40.9 Å². The van der Waals surface area contributed by atoms with Gasteiger partial charge in [-0.2, -0.15) is 0 Å². The van der Waals surface area contributed by atoms with Crippen LogP contribution in [0.1, 0.15) is 56.3 Å². The molecule has 0 spiro atoms. The molecule has 2 rings (SSSR count). The summed E-state index contributed by atoms with van der Waals surface area (Å²) in [7, 11) is 2.17. The third-order valence-corrected chi connectivity index (χ3v) is 5.31. The van der Waals surface area contributed by atoms with Gasteiger partial charge < -0.3 is 4.90 Å². The Morgan fingerprint density at radius 3 is 2.45 bits per heavy atom. The molecule has 1 aromatic rings. The maximum Gasteiger partial charge on any atom is 0.159 e. The highest BCUT2D eigenvalue weighted by Crippen LogP contribution is 2.34. The van der Waals surface area contributed by atoms with Crippen LogP contribution in [0.4, 0.5) is 5.69 Å². The number of anilines is 1. The number of Topliss-reactive ketones (excluding diaryl/α,β-unsaturated/α-hetero) is 1. The van der Waals surface area contributed by atoms with Crippen LogP contribution >= 0.6 is 15.9 Å². The summed E-state index contributed by atoms with van der Waals surface area (Å²) in [6.07, 6.45) is 6.54. The van der Waals surface area contributed by atoms with E-state index in [1.54, 1.807) is 6.92 Å². The SMILES string of the molecule is CCC1CCC(N(C)c2ccc(C(C)=O)cc2Br)CC1. The van der Waals surface area contributed by atoms with Gasteiger partial charge in [-0.1, -0.05) is 13.3 Å². The Bertz CT molecular complexity index is 478. The van der Waals surface area contributed by atoms with Crippen LogP contribution in [0.5, 0.6) is 0 Å². The lowest BCUT2D eigenvalue weighted by atomic mass is 9.84. The van der Waals surface area contributed by atoms with Crippen LogP contribution < -0.4 is 4.90 Å². The van der Waals surface area contributed by atoms with Gasteiger partial charge >= 0.3 is 0 Å². The second kappa shape index (κ2) is 6.75. The number of carbonyl (C=O) groups excluding carboxylic acids is 1. The van der Waals surface area contributed by atoms with Crippen molar-refractivity contribution in [2.75, 3.05) is 11.9 Å². The molecule has 0 atom stereocenters. The van der Waals surface area contributed by atoms with Crippen molar-refractivity contribution in [1.29, 1.82) is 0 Å². The third-order valence-electron chi connectivity index (χ3n) is 4.68. The van der Waals surface area contributed by atoms with Crippen LogP contribution in [-0.4, -0.2) is 18.9 Å². The molecule has 3 heteroatoms. The van der Waals surface area contributed by atoms with E-state index < -0.39 is 0 Å². The maximum atomic E-state index is 11.4. The number of hydrogen-bond acceptors (Lipinski definition) is 2. The van der Waals surface area contributed by atoms with Gasteiger partial charge in [-0.25, -0.2) is 0 Å². The number of ketones is 1. The van der Waals surface area contributed by atoms with Gasteiger partial charge in [-0.3, -0.25) is 4.79 Å². The van der Waals surface area contributed by atoms with Gasteiger partial charge in [-0.15, -0.1) is 0 Å². The molecule has 1 saturated carbocycles. The first kappa shape index (κ1) is 15.6. The summed E-state index contributed by atoms with van der Waals surface area (Å²) < 4.78 is 1.02. The molecule has 1 aliphatic carbocycles. The molecule has 0 N–H and O–H groups in total. The van der Waals surface area contributed by atoms with E-state index >= 15 is 0 Å². The number of benzene rings is 1. The molecule has 0 unspecified atom stereocenters. The molecule has 20 heavy (non-hydrogen) atoms. The predicted octanol–water partition coefficient (Wildman–Crippen LogP) is 5.06. The van der Waals surface area contributed by atoms with Crippen molar-refractivity contribution in [3.63, 3.8) is 0 Å². The van der Waals surface area contributed by atoms with E-state index in [1.165, 1.54) is 37.8 Å². The van der Waals surface area contributed by atoms with Gasteiger partial charge in [0.25, 0.3) is 0 Å². The molecule has 0 aliphatic heterocycles. The van der Waals surface area contributed by atoms with Gasteiger partial charge in [0.1, 0.15) is 0 Å². The van der Waals surface area contributed by atoms with E-state index in [9.17, 15) is 4.79 Å². The molecular weight excluding hydrogens is 314 g/mol. The summed E-state index contributed by atoms with van der Waals surface area (Å²) in [5.41, 5.74) is 1.96. The molecule has 1 aliphatic rings. The van der Waals surface area contributed by atoms with E-state index in [1.807, 2.05) is 12.1 Å². The summed E-state index contributed by atoms with van der Waals surface area (Å²) in [4.78, 5) is 13.8. The zero-order valence-electron chi connectivity index (χ0n) is 12.7. The third kappa shape index (κ3) is 3.43. The summed E-state index contributed by atoms with van der Waals surface area (Å²) >= 11 is 3.61. The molecule has 0 amide bonds. The highest BCUT2D eigenvalue weighted by Gasteiger charge is 2.24. The van der Waals surface area contributed by atoms with Gasteiger partial charge in [0.05, 0.1) is 5.69 Å². The minimum Gasteiger partial charge on any atom is -0.371 e. The Morgan fingerprint density at radius 2 is 1.95 bits per heavy atom. The van der Waals surface area contributed by atoms with Gasteiger partial charge in [-0.05, 0) is 72.7 Å². The number of carbonyl (C=O) groups is 1. The zero-order valence-corrected chi connectivity index (χ0v) is 14.2. The fraction of sp³-hybridized carbons (Fsp3) is 0.588. The molecule has 1 fully saturated rings. The van der Waals surface area contributed by atoms with Crippen molar-refractivity contribution >= 4 is 27.4 Å². The normalized spacial score (nSPS) is 22.6. The summed E-state index contributed by atoms with van der Waals surface area (Å²) in [5, 5.41) is 0. The molecule has 0 aromatic heterocycles. The minimum atomic E-state index is 0.114. The van der Waals surface area contributed by atoms with Crippen LogP contribution in [-0.2, 0) is 0 Å². The monoisotopic (exact) mass is 337 g/mol. The lowest BCUT2D eigenvalue weighted by Crippen LogP contribution is -2.35. The highest BCUT2D eigenvalue weighted by atomic mass is 79.9. The lowest BCUT2D eigenvalue weighted by Gasteiger charge is -2.36. The van der Waals surface area contributed by atoms with E-state index in [-0.39, 0.29) is 5.78 Å². The fourth-order valence-corrected chi connectivity index (χ4v) is 3.81. The first-order chi connectivity index (χ1) is 9.52. The summed E-state index contributed by atoms with van der Waals surface area (Å²) in [6, 6.07) is 6.55. The van der Waals surface area contributed by atoms with Gasteiger partial charge in [0.2, 0.25) is 0 Å². The zero-order chi connectivity index (χ0) is 14.7. The van der Waals surface area contributed by atoms with Crippen molar-refractivity contribution in [2.45, 2.75) is 52.0 Å². The summed E-state index contributed by atoms with van der Waals surface area (Å²) in [6.45, 7) is 3.91. The number of halogens is 1. The number of hydrogen-bond donors (Lipinski definition) is 0. The molecule has 0 heterocycles. The van der Waals surface area contributed by atoms with E-state index in [0.717, 1.165) is 16.0 Å². The first-order valence-electron chi connectivity index (χ1n) is 7.56.